The van der Waals surface area contributed by atoms with Gasteiger partial charge in [0.1, 0.15) is 0 Å². The van der Waals surface area contributed by atoms with E-state index in [0.717, 1.165) is 32.4 Å². The molecule has 4 nitrogen and oxygen atoms in total. The number of likely N-dealkylation sites (N-methyl/N-ethyl adjacent to an activating group) is 1. The lowest BCUT2D eigenvalue weighted by atomic mass is 9.87. The topological polar surface area (TPSA) is 49.6 Å². The van der Waals surface area contributed by atoms with Crippen LogP contribution >= 0.6 is 0 Å². The SMILES string of the molecule is CCCN(CC(=O)N(C)CC)C1(CN)CCCCCC1. The van der Waals surface area contributed by atoms with Crippen LogP contribution in [0.2, 0.25) is 0 Å². The van der Waals surface area contributed by atoms with Crippen molar-refractivity contribution in [1.29, 1.82) is 0 Å². The summed E-state index contributed by atoms with van der Waals surface area (Å²) in [6, 6.07) is 0. The van der Waals surface area contributed by atoms with Crippen LogP contribution in [0, 0.1) is 0 Å². The summed E-state index contributed by atoms with van der Waals surface area (Å²) in [5, 5.41) is 0. The van der Waals surface area contributed by atoms with Gasteiger partial charge in [-0.25, -0.2) is 0 Å². The van der Waals surface area contributed by atoms with E-state index in [0.29, 0.717) is 13.1 Å². The standard InChI is InChI=1S/C16H33N3O/c1-4-12-19(13-15(20)18(3)5-2)16(14-17)10-8-6-7-9-11-16/h4-14,17H2,1-3H3. The molecule has 0 unspecified atom stereocenters. The maximum Gasteiger partial charge on any atom is 0.236 e. The highest BCUT2D eigenvalue weighted by Crippen LogP contribution is 2.32. The van der Waals surface area contributed by atoms with E-state index in [2.05, 4.69) is 11.8 Å². The fourth-order valence-corrected chi connectivity index (χ4v) is 3.25. The van der Waals surface area contributed by atoms with E-state index in [9.17, 15) is 4.79 Å². The first kappa shape index (κ1) is 17.4. The zero-order valence-corrected chi connectivity index (χ0v) is 13.7. The van der Waals surface area contributed by atoms with E-state index in [1.165, 1.54) is 25.7 Å². The summed E-state index contributed by atoms with van der Waals surface area (Å²) in [6.07, 6.45) is 8.48. The summed E-state index contributed by atoms with van der Waals surface area (Å²) in [6.45, 7) is 7.15. The molecule has 0 aromatic rings. The highest BCUT2D eigenvalue weighted by molar-refractivity contribution is 5.78. The van der Waals surface area contributed by atoms with Crippen LogP contribution in [0.4, 0.5) is 0 Å². The average Bonchev–Trinajstić information content (AvgIpc) is 2.72. The second-order valence-electron chi connectivity index (χ2n) is 6.17. The van der Waals surface area contributed by atoms with Crippen LogP contribution in [0.1, 0.15) is 58.8 Å². The molecule has 4 heteroatoms. The summed E-state index contributed by atoms with van der Waals surface area (Å²) in [5.74, 6) is 0.220. The van der Waals surface area contributed by atoms with Gasteiger partial charge in [-0.3, -0.25) is 9.69 Å². The Morgan fingerprint density at radius 3 is 2.20 bits per heavy atom. The van der Waals surface area contributed by atoms with E-state index in [1.54, 1.807) is 0 Å². The minimum Gasteiger partial charge on any atom is -0.345 e. The van der Waals surface area contributed by atoms with Gasteiger partial charge in [0.25, 0.3) is 0 Å². The number of hydrogen-bond donors (Lipinski definition) is 1. The van der Waals surface area contributed by atoms with E-state index in [4.69, 9.17) is 5.73 Å². The quantitative estimate of drug-likeness (QED) is 0.729. The highest BCUT2D eigenvalue weighted by atomic mass is 16.2. The van der Waals surface area contributed by atoms with Crippen molar-refractivity contribution in [1.82, 2.24) is 9.80 Å². The molecule has 0 heterocycles. The number of hydrogen-bond acceptors (Lipinski definition) is 3. The lowest BCUT2D eigenvalue weighted by Crippen LogP contribution is -2.56. The molecule has 0 radical (unpaired) electrons. The molecular weight excluding hydrogens is 250 g/mol. The number of nitrogens with zero attached hydrogens (tertiary/aromatic N) is 2. The largest absolute Gasteiger partial charge is 0.345 e. The molecule has 1 saturated carbocycles. The van der Waals surface area contributed by atoms with Gasteiger partial charge >= 0.3 is 0 Å². The van der Waals surface area contributed by atoms with Crippen molar-refractivity contribution >= 4 is 5.91 Å². The molecule has 0 atom stereocenters. The van der Waals surface area contributed by atoms with Crippen molar-refractivity contribution < 1.29 is 4.79 Å². The van der Waals surface area contributed by atoms with Crippen molar-refractivity contribution in [3.05, 3.63) is 0 Å². The third-order valence-corrected chi connectivity index (χ3v) is 4.80. The van der Waals surface area contributed by atoms with E-state index in [-0.39, 0.29) is 11.4 Å². The fraction of sp³-hybridized carbons (Fsp3) is 0.938. The lowest BCUT2D eigenvalue weighted by Gasteiger charge is -2.43. The van der Waals surface area contributed by atoms with E-state index in [1.807, 2.05) is 18.9 Å². The normalized spacial score (nSPS) is 18.9. The van der Waals surface area contributed by atoms with Gasteiger partial charge in [-0.2, -0.15) is 0 Å². The summed E-state index contributed by atoms with van der Waals surface area (Å²) in [7, 11) is 1.88. The Morgan fingerprint density at radius 1 is 1.15 bits per heavy atom. The fourth-order valence-electron chi connectivity index (χ4n) is 3.25. The highest BCUT2D eigenvalue weighted by Gasteiger charge is 2.36. The van der Waals surface area contributed by atoms with Crippen LogP contribution < -0.4 is 5.73 Å². The van der Waals surface area contributed by atoms with Crippen LogP contribution in [0.25, 0.3) is 0 Å². The molecule has 0 aliphatic heterocycles. The predicted molar refractivity (Wildman–Crippen MR) is 84.7 cm³/mol. The molecule has 0 saturated heterocycles. The van der Waals surface area contributed by atoms with Crippen LogP contribution in [-0.4, -0.2) is 54.5 Å². The van der Waals surface area contributed by atoms with E-state index >= 15 is 0 Å². The molecule has 1 aliphatic rings. The van der Waals surface area contributed by atoms with Gasteiger partial charge < -0.3 is 10.6 Å². The number of nitrogens with two attached hydrogens (primary N) is 1. The molecular formula is C16H33N3O. The molecule has 2 N–H and O–H groups in total. The smallest absolute Gasteiger partial charge is 0.236 e. The lowest BCUT2D eigenvalue weighted by molar-refractivity contribution is -0.132. The number of rotatable bonds is 7. The van der Waals surface area contributed by atoms with Gasteiger partial charge in [0, 0.05) is 25.7 Å². The van der Waals surface area contributed by atoms with Crippen molar-refractivity contribution in [2.75, 3.05) is 33.2 Å². The minimum atomic E-state index is 0.0523. The molecule has 0 aromatic carbocycles. The number of carbonyl (C=O) groups is 1. The Morgan fingerprint density at radius 2 is 1.75 bits per heavy atom. The Labute approximate surface area is 124 Å². The van der Waals surface area contributed by atoms with Crippen molar-refractivity contribution in [2.45, 2.75) is 64.3 Å². The van der Waals surface area contributed by atoms with E-state index < -0.39 is 0 Å². The Balaban J connectivity index is 2.82. The molecule has 1 rings (SSSR count). The van der Waals surface area contributed by atoms with Crippen molar-refractivity contribution in [2.24, 2.45) is 5.73 Å². The van der Waals surface area contributed by atoms with Gasteiger partial charge in [0.05, 0.1) is 6.54 Å². The first-order valence-electron chi connectivity index (χ1n) is 8.28. The van der Waals surface area contributed by atoms with Crippen LogP contribution in [0.5, 0.6) is 0 Å². The minimum absolute atomic E-state index is 0.0523. The molecule has 1 aliphatic carbocycles. The molecule has 1 amide bonds. The Kier molecular flexibility index (Phi) is 7.52. The average molecular weight is 283 g/mol. The third kappa shape index (κ3) is 4.45. The summed E-state index contributed by atoms with van der Waals surface area (Å²) in [4.78, 5) is 16.5. The van der Waals surface area contributed by atoms with Gasteiger partial charge in [-0.05, 0) is 32.7 Å². The van der Waals surface area contributed by atoms with Crippen LogP contribution in [0.3, 0.4) is 0 Å². The summed E-state index contributed by atoms with van der Waals surface area (Å²) in [5.41, 5.74) is 6.21. The first-order valence-corrected chi connectivity index (χ1v) is 8.28. The second kappa shape index (κ2) is 8.63. The van der Waals surface area contributed by atoms with Gasteiger partial charge in [-0.1, -0.05) is 32.6 Å². The third-order valence-electron chi connectivity index (χ3n) is 4.80. The van der Waals surface area contributed by atoms with Gasteiger partial charge in [0.15, 0.2) is 0 Å². The Hall–Kier alpha value is -0.610. The second-order valence-corrected chi connectivity index (χ2v) is 6.17. The molecule has 1 fully saturated rings. The molecule has 0 bridgehead atoms. The molecule has 0 spiro atoms. The summed E-state index contributed by atoms with van der Waals surface area (Å²) < 4.78 is 0. The summed E-state index contributed by atoms with van der Waals surface area (Å²) >= 11 is 0. The van der Waals surface area contributed by atoms with Gasteiger partial charge in [0.2, 0.25) is 5.91 Å². The predicted octanol–water partition coefficient (Wildman–Crippen LogP) is 2.23. The zero-order chi connectivity index (χ0) is 15.0. The number of amides is 1. The van der Waals surface area contributed by atoms with Crippen LogP contribution in [-0.2, 0) is 4.79 Å². The molecule has 118 valence electrons. The van der Waals surface area contributed by atoms with Gasteiger partial charge in [-0.15, -0.1) is 0 Å². The zero-order valence-electron chi connectivity index (χ0n) is 13.7. The van der Waals surface area contributed by atoms with Crippen molar-refractivity contribution in [3.8, 4) is 0 Å². The first-order chi connectivity index (χ1) is 9.59. The number of carbonyl (C=O) groups excluding carboxylic acids is 1. The maximum absolute atomic E-state index is 12.3. The Bertz CT molecular complexity index is 285. The maximum atomic E-state index is 12.3. The monoisotopic (exact) mass is 283 g/mol. The molecule has 20 heavy (non-hydrogen) atoms. The van der Waals surface area contributed by atoms with Crippen LogP contribution in [0.15, 0.2) is 0 Å². The molecule has 0 aromatic heterocycles. The van der Waals surface area contributed by atoms with Crippen molar-refractivity contribution in [3.63, 3.8) is 0 Å².